The van der Waals surface area contributed by atoms with E-state index in [1.165, 1.54) is 12.5 Å². The van der Waals surface area contributed by atoms with Crippen molar-refractivity contribution in [2.24, 2.45) is 0 Å². The van der Waals surface area contributed by atoms with Gasteiger partial charge in [0.15, 0.2) is 0 Å². The number of carbonyl (C=O) groups excluding carboxylic acids is 2. The maximum absolute atomic E-state index is 12.4. The fourth-order valence-electron chi connectivity index (χ4n) is 3.30. The zero-order chi connectivity index (χ0) is 18.5. The predicted molar refractivity (Wildman–Crippen MR) is 91.4 cm³/mol. The van der Waals surface area contributed by atoms with Crippen LogP contribution in [0.2, 0.25) is 0 Å². The van der Waals surface area contributed by atoms with E-state index in [4.69, 9.17) is 0 Å². The van der Waals surface area contributed by atoms with E-state index in [2.05, 4.69) is 20.6 Å². The minimum Gasteiger partial charge on any atom is -0.480 e. The summed E-state index contributed by atoms with van der Waals surface area (Å²) in [4.78, 5) is 46.2. The summed E-state index contributed by atoms with van der Waals surface area (Å²) in [7, 11) is 0. The van der Waals surface area contributed by atoms with E-state index in [0.717, 1.165) is 19.4 Å². The summed E-state index contributed by atoms with van der Waals surface area (Å²) in [5.41, 5.74) is 0.636. The van der Waals surface area contributed by atoms with Gasteiger partial charge in [0.25, 0.3) is 0 Å². The van der Waals surface area contributed by atoms with E-state index >= 15 is 0 Å². The molecule has 3 rings (SSSR count). The molecule has 3 amide bonds. The number of aliphatic carboxylic acids is 1. The number of carbonyl (C=O) groups is 3. The molecule has 2 fully saturated rings. The maximum Gasteiger partial charge on any atom is 0.326 e. The third-order valence-electron chi connectivity index (χ3n) is 4.81. The summed E-state index contributed by atoms with van der Waals surface area (Å²) < 4.78 is 0. The summed E-state index contributed by atoms with van der Waals surface area (Å²) in [5.74, 6) is -1.01. The number of aromatic nitrogens is 2. The molecule has 2 aliphatic heterocycles. The first-order chi connectivity index (χ1) is 12.5. The topological polar surface area (TPSA) is 131 Å². The van der Waals surface area contributed by atoms with Crippen molar-refractivity contribution in [1.29, 1.82) is 0 Å². The largest absolute Gasteiger partial charge is 0.480 e. The minimum atomic E-state index is -1.10. The van der Waals surface area contributed by atoms with Crippen molar-refractivity contribution in [3.05, 3.63) is 18.2 Å². The van der Waals surface area contributed by atoms with Crippen LogP contribution < -0.4 is 10.6 Å². The number of carboxylic acid groups (broad SMARTS) is 1. The van der Waals surface area contributed by atoms with Crippen LogP contribution in [-0.4, -0.2) is 87.6 Å². The molecule has 0 radical (unpaired) electrons. The Bertz CT molecular complexity index is 635. The highest BCUT2D eigenvalue weighted by Crippen LogP contribution is 2.11. The Kier molecular flexibility index (Phi) is 5.71. The zero-order valence-corrected chi connectivity index (χ0v) is 14.5. The van der Waals surface area contributed by atoms with Crippen molar-refractivity contribution < 1.29 is 19.5 Å². The van der Waals surface area contributed by atoms with Gasteiger partial charge in [-0.05, 0) is 19.4 Å². The van der Waals surface area contributed by atoms with Gasteiger partial charge in [0.2, 0.25) is 5.91 Å². The Morgan fingerprint density at radius 1 is 1.27 bits per heavy atom. The first kappa shape index (κ1) is 18.2. The molecular formula is C16H24N6O4. The first-order valence-electron chi connectivity index (χ1n) is 8.82. The Balaban J connectivity index is 1.49. The van der Waals surface area contributed by atoms with Crippen molar-refractivity contribution in [2.45, 2.75) is 31.3 Å². The number of rotatable bonds is 5. The number of aromatic amines is 1. The average molecular weight is 364 g/mol. The second kappa shape index (κ2) is 8.17. The van der Waals surface area contributed by atoms with Gasteiger partial charge in [-0.2, -0.15) is 0 Å². The molecule has 10 nitrogen and oxygen atoms in total. The first-order valence-corrected chi connectivity index (χ1v) is 8.82. The molecule has 0 aliphatic carbocycles. The molecule has 0 spiro atoms. The van der Waals surface area contributed by atoms with Gasteiger partial charge in [-0.25, -0.2) is 14.6 Å². The summed E-state index contributed by atoms with van der Waals surface area (Å²) in [6.45, 7) is 2.57. The van der Waals surface area contributed by atoms with Crippen LogP contribution in [0.25, 0.3) is 0 Å². The number of carboxylic acids is 1. The van der Waals surface area contributed by atoms with Crippen molar-refractivity contribution in [3.63, 3.8) is 0 Å². The molecule has 1 aromatic rings. The molecule has 3 heterocycles. The maximum atomic E-state index is 12.4. The number of piperazine rings is 1. The van der Waals surface area contributed by atoms with Crippen LogP contribution in [-0.2, 0) is 16.0 Å². The van der Waals surface area contributed by atoms with Crippen LogP contribution in [0.15, 0.2) is 12.5 Å². The van der Waals surface area contributed by atoms with Gasteiger partial charge in [-0.15, -0.1) is 0 Å². The van der Waals surface area contributed by atoms with Crippen molar-refractivity contribution in [2.75, 3.05) is 32.7 Å². The Morgan fingerprint density at radius 3 is 2.58 bits per heavy atom. The molecule has 1 aromatic heterocycles. The Labute approximate surface area is 150 Å². The van der Waals surface area contributed by atoms with E-state index < -0.39 is 18.0 Å². The third-order valence-corrected chi connectivity index (χ3v) is 4.81. The Hall–Kier alpha value is -2.62. The van der Waals surface area contributed by atoms with Crippen LogP contribution in [0.3, 0.4) is 0 Å². The highest BCUT2D eigenvalue weighted by molar-refractivity contribution is 5.84. The van der Waals surface area contributed by atoms with Crippen LogP contribution in [0, 0.1) is 0 Å². The monoisotopic (exact) mass is 364 g/mol. The van der Waals surface area contributed by atoms with E-state index in [0.29, 0.717) is 31.9 Å². The lowest BCUT2D eigenvalue weighted by molar-refractivity contribution is -0.139. The van der Waals surface area contributed by atoms with E-state index in [-0.39, 0.29) is 18.4 Å². The van der Waals surface area contributed by atoms with Gasteiger partial charge in [-0.3, -0.25) is 4.79 Å². The number of hydrogen-bond donors (Lipinski definition) is 4. The normalized spacial score (nSPS) is 21.5. The van der Waals surface area contributed by atoms with Crippen LogP contribution in [0.5, 0.6) is 0 Å². The molecule has 2 atom stereocenters. The van der Waals surface area contributed by atoms with Crippen LogP contribution in [0.4, 0.5) is 4.79 Å². The average Bonchev–Trinajstić information content (AvgIpc) is 3.34. The molecule has 2 aliphatic rings. The molecule has 10 heteroatoms. The minimum absolute atomic E-state index is 0.0882. The summed E-state index contributed by atoms with van der Waals surface area (Å²) in [6, 6.07) is -1.57. The highest BCUT2D eigenvalue weighted by atomic mass is 16.4. The fourth-order valence-corrected chi connectivity index (χ4v) is 3.30. The summed E-state index contributed by atoms with van der Waals surface area (Å²) in [6.07, 6.45) is 4.99. The van der Waals surface area contributed by atoms with Crippen molar-refractivity contribution >= 4 is 17.9 Å². The lowest BCUT2D eigenvalue weighted by atomic mass is 10.1. The molecule has 0 bridgehead atoms. The third kappa shape index (κ3) is 4.31. The number of urea groups is 1. The molecule has 2 saturated heterocycles. The summed E-state index contributed by atoms with van der Waals surface area (Å²) in [5, 5.41) is 15.1. The summed E-state index contributed by atoms with van der Waals surface area (Å²) >= 11 is 0. The smallest absolute Gasteiger partial charge is 0.326 e. The van der Waals surface area contributed by atoms with Crippen LogP contribution in [0.1, 0.15) is 18.5 Å². The lowest BCUT2D eigenvalue weighted by Gasteiger charge is -2.36. The van der Waals surface area contributed by atoms with Crippen LogP contribution >= 0.6 is 0 Å². The van der Waals surface area contributed by atoms with Gasteiger partial charge in [0.1, 0.15) is 6.04 Å². The standard InChI is InChI=1S/C16H24N6O4/c23-14(12-2-1-3-18-12)21-4-6-22(7-5-21)16(26)20-13(15(24)25)8-11-9-17-10-19-11/h9-10,12-13,18H,1-8H2,(H,17,19)(H,20,26)(H,24,25). The molecule has 26 heavy (non-hydrogen) atoms. The predicted octanol–water partition coefficient (Wildman–Crippen LogP) is -0.989. The van der Waals surface area contributed by atoms with E-state index in [1.807, 2.05) is 0 Å². The van der Waals surface area contributed by atoms with Crippen molar-refractivity contribution in [1.82, 2.24) is 30.4 Å². The van der Waals surface area contributed by atoms with E-state index in [9.17, 15) is 19.5 Å². The fraction of sp³-hybridized carbons (Fsp3) is 0.625. The van der Waals surface area contributed by atoms with Gasteiger partial charge >= 0.3 is 12.0 Å². The van der Waals surface area contributed by atoms with Gasteiger partial charge in [-0.1, -0.05) is 0 Å². The number of nitrogens with zero attached hydrogens (tertiary/aromatic N) is 3. The zero-order valence-electron chi connectivity index (χ0n) is 14.5. The molecule has 4 N–H and O–H groups in total. The van der Waals surface area contributed by atoms with E-state index in [1.54, 1.807) is 9.80 Å². The van der Waals surface area contributed by atoms with Gasteiger partial charge in [0.05, 0.1) is 12.4 Å². The molecule has 0 saturated carbocycles. The number of imidazole rings is 1. The Morgan fingerprint density at radius 2 is 2.00 bits per heavy atom. The highest BCUT2D eigenvalue weighted by Gasteiger charge is 2.31. The SMILES string of the molecule is O=C(O)C(Cc1cnc[nH]1)NC(=O)N1CCN(C(=O)C2CCCN2)CC1. The van der Waals surface area contributed by atoms with Gasteiger partial charge in [0, 0.05) is 44.5 Å². The molecule has 2 unspecified atom stereocenters. The second-order valence-electron chi connectivity index (χ2n) is 6.58. The molecule has 0 aromatic carbocycles. The quantitative estimate of drug-likeness (QED) is 0.531. The number of amides is 3. The molecular weight excluding hydrogens is 340 g/mol. The van der Waals surface area contributed by atoms with Crippen molar-refractivity contribution in [3.8, 4) is 0 Å². The number of H-pyrrole nitrogens is 1. The molecule has 142 valence electrons. The number of nitrogens with one attached hydrogen (secondary N) is 3. The van der Waals surface area contributed by atoms with Gasteiger partial charge < -0.3 is 30.5 Å². The number of hydrogen-bond acceptors (Lipinski definition) is 5. The lowest BCUT2D eigenvalue weighted by Crippen LogP contribution is -2.57. The second-order valence-corrected chi connectivity index (χ2v) is 6.58.